The maximum atomic E-state index is 6.11. The number of rotatable bonds is 0. The predicted octanol–water partition coefficient (Wildman–Crippen LogP) is 2.56. The van der Waals surface area contributed by atoms with Crippen LogP contribution >= 0.6 is 0 Å². The average Bonchev–Trinajstić information content (AvgIpc) is 2.85. The monoisotopic (exact) mass is 561 g/mol. The van der Waals surface area contributed by atoms with Gasteiger partial charge in [0.25, 0.3) is 0 Å². The second-order valence-corrected chi connectivity index (χ2v) is 8.20. The zero-order valence-electron chi connectivity index (χ0n) is 20.4. The summed E-state index contributed by atoms with van der Waals surface area (Å²) in [6.45, 7) is 9.24. The number of fused-ring (bicyclic) bond motifs is 15. The standard InChI is InChI=1S/C26H36N2O6.Y/c1-2-6-24-23(5-1)31-17-11-27-9-15-29-21-22-30-16-10-28(12-18-32-24)14-20-34-26-8-4-3-7-25(26)33-19-13-27;/h1-8H,9-22H2;/q;+3. The Bertz CT molecular complexity index is 731. The number of hydrogen-bond acceptors (Lipinski definition) is 8. The smallest absolute Gasteiger partial charge is 0.488 e. The van der Waals surface area contributed by atoms with Crippen molar-refractivity contribution in [1.82, 2.24) is 9.80 Å². The van der Waals surface area contributed by atoms with Gasteiger partial charge in [0.15, 0.2) is 23.0 Å². The van der Waals surface area contributed by atoms with Crippen molar-refractivity contribution in [3.63, 3.8) is 0 Å². The van der Waals surface area contributed by atoms with E-state index in [4.69, 9.17) is 28.4 Å². The third-order valence-electron chi connectivity index (χ3n) is 5.83. The van der Waals surface area contributed by atoms with E-state index in [-0.39, 0.29) is 32.7 Å². The summed E-state index contributed by atoms with van der Waals surface area (Å²) in [7, 11) is 0. The van der Waals surface area contributed by atoms with Crippen LogP contribution in [0.3, 0.4) is 0 Å². The van der Waals surface area contributed by atoms with E-state index < -0.39 is 0 Å². The van der Waals surface area contributed by atoms with Crippen molar-refractivity contribution in [3.8, 4) is 23.0 Å². The second kappa shape index (κ2) is 16.4. The number of benzene rings is 2. The molecule has 2 aromatic carbocycles. The van der Waals surface area contributed by atoms with Crippen LogP contribution in [0.25, 0.3) is 0 Å². The molecule has 0 aromatic heterocycles. The minimum Gasteiger partial charge on any atom is -0.488 e. The van der Waals surface area contributed by atoms with Gasteiger partial charge in [-0.1, -0.05) is 24.3 Å². The molecule has 3 aliphatic rings. The van der Waals surface area contributed by atoms with Crippen molar-refractivity contribution in [2.75, 3.05) is 92.1 Å². The fourth-order valence-corrected chi connectivity index (χ4v) is 3.90. The molecule has 2 bridgehead atoms. The molecule has 2 aromatic rings. The Morgan fingerprint density at radius 1 is 0.400 bits per heavy atom. The summed E-state index contributed by atoms with van der Waals surface area (Å²) >= 11 is 0. The van der Waals surface area contributed by atoms with Gasteiger partial charge < -0.3 is 28.4 Å². The Labute approximate surface area is 233 Å². The minimum absolute atomic E-state index is 0. The van der Waals surface area contributed by atoms with E-state index in [2.05, 4.69) is 9.80 Å². The van der Waals surface area contributed by atoms with Gasteiger partial charge in [-0.15, -0.1) is 0 Å². The van der Waals surface area contributed by atoms with Crippen LogP contribution in [-0.2, 0) is 42.2 Å². The van der Waals surface area contributed by atoms with Crippen LogP contribution in [-0.4, -0.2) is 102 Å². The second-order valence-electron chi connectivity index (χ2n) is 8.20. The first-order chi connectivity index (χ1) is 16.9. The van der Waals surface area contributed by atoms with Crippen molar-refractivity contribution >= 4 is 0 Å². The van der Waals surface area contributed by atoms with Crippen LogP contribution in [0.5, 0.6) is 23.0 Å². The molecular weight excluding hydrogens is 525 g/mol. The summed E-state index contributed by atoms with van der Waals surface area (Å²) in [5.74, 6) is 3.07. The van der Waals surface area contributed by atoms with Gasteiger partial charge in [-0.3, -0.25) is 9.80 Å². The summed E-state index contributed by atoms with van der Waals surface area (Å²) in [5.41, 5.74) is 0. The Balaban J connectivity index is 0.00000342. The topological polar surface area (TPSA) is 61.9 Å². The van der Waals surface area contributed by atoms with Gasteiger partial charge in [-0.2, -0.15) is 0 Å². The summed E-state index contributed by atoms with van der Waals surface area (Å²) in [6, 6.07) is 15.7. The third kappa shape index (κ3) is 9.86. The predicted molar refractivity (Wildman–Crippen MR) is 129 cm³/mol. The molecule has 0 N–H and O–H groups in total. The molecule has 9 heteroatoms. The number of para-hydroxylation sites is 4. The van der Waals surface area contributed by atoms with Crippen LogP contribution < -0.4 is 18.9 Å². The Morgan fingerprint density at radius 2 is 0.686 bits per heavy atom. The van der Waals surface area contributed by atoms with E-state index in [1.807, 2.05) is 48.5 Å². The van der Waals surface area contributed by atoms with Gasteiger partial charge in [-0.05, 0) is 24.3 Å². The largest absolute Gasteiger partial charge is 3.00 e. The van der Waals surface area contributed by atoms with Crippen LogP contribution in [0.4, 0.5) is 0 Å². The van der Waals surface area contributed by atoms with E-state index in [9.17, 15) is 0 Å². The van der Waals surface area contributed by atoms with E-state index >= 15 is 0 Å². The Morgan fingerprint density at radius 3 is 1.00 bits per heavy atom. The number of nitrogens with zero attached hydrogens (tertiary/aromatic N) is 2. The maximum Gasteiger partial charge on any atom is 3.00 e. The molecule has 8 nitrogen and oxygen atoms in total. The first kappa shape index (κ1) is 28.2. The fraction of sp³-hybridized carbons (Fsp3) is 0.538. The quantitative estimate of drug-likeness (QED) is 0.487. The van der Waals surface area contributed by atoms with Crippen molar-refractivity contribution in [2.45, 2.75) is 0 Å². The van der Waals surface area contributed by atoms with Gasteiger partial charge in [0.05, 0.1) is 26.4 Å². The van der Waals surface area contributed by atoms with Crippen LogP contribution in [0.15, 0.2) is 48.5 Å². The molecule has 0 aliphatic carbocycles. The molecule has 0 saturated carbocycles. The Kier molecular flexibility index (Phi) is 13.2. The first-order valence-corrected chi connectivity index (χ1v) is 12.2. The summed E-state index contributed by atoms with van der Waals surface area (Å²) < 4.78 is 36.1. The fourth-order valence-electron chi connectivity index (χ4n) is 3.90. The molecule has 5 rings (SSSR count). The zero-order chi connectivity index (χ0) is 23.3. The zero-order valence-corrected chi connectivity index (χ0v) is 23.3. The maximum absolute atomic E-state index is 6.11. The normalized spacial score (nSPS) is 22.9. The van der Waals surface area contributed by atoms with Crippen LogP contribution in [0, 0.1) is 0 Å². The minimum atomic E-state index is 0. The van der Waals surface area contributed by atoms with E-state index in [1.165, 1.54) is 0 Å². The van der Waals surface area contributed by atoms with Gasteiger partial charge in [0.1, 0.15) is 26.4 Å². The number of hydrogen-bond donors (Lipinski definition) is 0. The molecule has 0 atom stereocenters. The third-order valence-corrected chi connectivity index (χ3v) is 5.83. The summed E-state index contributed by atoms with van der Waals surface area (Å²) in [4.78, 5) is 4.58. The first-order valence-electron chi connectivity index (χ1n) is 12.2. The Hall–Kier alpha value is -1.42. The number of ether oxygens (including phenoxy) is 6. The van der Waals surface area contributed by atoms with Crippen molar-refractivity contribution in [2.24, 2.45) is 0 Å². The molecule has 0 radical (unpaired) electrons. The van der Waals surface area contributed by atoms with Gasteiger partial charge in [-0.25, -0.2) is 0 Å². The van der Waals surface area contributed by atoms with E-state index in [0.717, 1.165) is 62.3 Å². The molecule has 186 valence electrons. The van der Waals surface area contributed by atoms with E-state index in [0.29, 0.717) is 52.9 Å². The van der Waals surface area contributed by atoms with Crippen molar-refractivity contribution in [3.05, 3.63) is 48.5 Å². The van der Waals surface area contributed by atoms with Crippen molar-refractivity contribution in [1.29, 1.82) is 0 Å². The van der Waals surface area contributed by atoms with Gasteiger partial charge >= 0.3 is 32.7 Å². The van der Waals surface area contributed by atoms with Crippen LogP contribution in [0.2, 0.25) is 0 Å². The molecule has 0 spiro atoms. The van der Waals surface area contributed by atoms with E-state index in [1.54, 1.807) is 0 Å². The summed E-state index contributed by atoms with van der Waals surface area (Å²) in [5, 5.41) is 0. The average molecular weight is 561 g/mol. The molecule has 0 unspecified atom stereocenters. The molecule has 0 fully saturated rings. The molecule has 3 heterocycles. The molecule has 35 heavy (non-hydrogen) atoms. The molecule has 0 amide bonds. The molecule has 3 aliphatic heterocycles. The van der Waals surface area contributed by atoms with Gasteiger partial charge in [0, 0.05) is 39.3 Å². The van der Waals surface area contributed by atoms with Crippen molar-refractivity contribution < 1.29 is 61.1 Å². The molecule has 0 saturated heterocycles. The molecular formula is C26H36N2O6Y+3. The van der Waals surface area contributed by atoms with Gasteiger partial charge in [0.2, 0.25) is 0 Å². The summed E-state index contributed by atoms with van der Waals surface area (Å²) in [6.07, 6.45) is 0. The van der Waals surface area contributed by atoms with Crippen LogP contribution in [0.1, 0.15) is 0 Å². The SMILES string of the molecule is [Y+3].c1ccc2c(c1)OCCN1CCOCCOCCN(CCO2)CCOc2ccccc2OCC1.